The minimum atomic E-state index is -3.71. The largest absolute Gasteiger partial charge is 0.491 e. The molecule has 1 aromatic carbocycles. The Labute approximate surface area is 188 Å². The van der Waals surface area contributed by atoms with E-state index in [-0.39, 0.29) is 4.90 Å². The van der Waals surface area contributed by atoms with Gasteiger partial charge in [0.25, 0.3) is 0 Å². The third kappa shape index (κ3) is 5.23. The van der Waals surface area contributed by atoms with E-state index in [4.69, 9.17) is 9.88 Å². The summed E-state index contributed by atoms with van der Waals surface area (Å²) in [6.45, 7) is 5.00. The van der Waals surface area contributed by atoms with Crippen molar-refractivity contribution in [3.63, 3.8) is 0 Å². The van der Waals surface area contributed by atoms with Crippen LogP contribution < -0.4 is 15.2 Å². The SMILES string of the molecule is CC(C)c1ccncc1OCC1CC(c2cnc(Nc3ccc(S(N)(=O)=O)cc3)nc2)C1. The van der Waals surface area contributed by atoms with E-state index in [9.17, 15) is 8.42 Å². The van der Waals surface area contributed by atoms with E-state index in [2.05, 4.69) is 34.1 Å². The van der Waals surface area contributed by atoms with Crippen LogP contribution >= 0.6 is 0 Å². The van der Waals surface area contributed by atoms with E-state index in [1.165, 1.54) is 17.7 Å². The van der Waals surface area contributed by atoms with Crippen LogP contribution in [0, 0.1) is 5.92 Å². The number of pyridine rings is 1. The zero-order valence-corrected chi connectivity index (χ0v) is 18.9. The van der Waals surface area contributed by atoms with E-state index in [1.54, 1.807) is 24.5 Å². The number of hydrogen-bond acceptors (Lipinski definition) is 7. The highest BCUT2D eigenvalue weighted by molar-refractivity contribution is 7.89. The Kier molecular flexibility index (Phi) is 6.38. The lowest BCUT2D eigenvalue weighted by Gasteiger charge is -2.35. The molecule has 0 saturated heterocycles. The molecule has 168 valence electrons. The minimum absolute atomic E-state index is 0.0618. The molecule has 8 nitrogen and oxygen atoms in total. The first-order valence-electron chi connectivity index (χ1n) is 10.6. The van der Waals surface area contributed by atoms with Gasteiger partial charge in [-0.25, -0.2) is 23.5 Å². The molecule has 0 unspecified atom stereocenters. The molecule has 9 heteroatoms. The Balaban J connectivity index is 1.28. The van der Waals surface area contributed by atoms with Gasteiger partial charge in [-0.3, -0.25) is 4.98 Å². The Hall–Kier alpha value is -3.04. The number of primary sulfonamides is 1. The van der Waals surface area contributed by atoms with Gasteiger partial charge in [-0.05, 0) is 72.1 Å². The van der Waals surface area contributed by atoms with Crippen LogP contribution in [0.1, 0.15) is 49.7 Å². The fourth-order valence-corrected chi connectivity index (χ4v) is 4.33. The number of nitrogens with zero attached hydrogens (tertiary/aromatic N) is 3. The molecular weight excluding hydrogens is 426 g/mol. The number of nitrogens with one attached hydrogen (secondary N) is 1. The molecule has 1 aliphatic carbocycles. The van der Waals surface area contributed by atoms with Crippen LogP contribution in [0.3, 0.4) is 0 Å². The van der Waals surface area contributed by atoms with Crippen molar-refractivity contribution in [2.45, 2.75) is 43.4 Å². The van der Waals surface area contributed by atoms with Gasteiger partial charge < -0.3 is 10.1 Å². The quantitative estimate of drug-likeness (QED) is 0.530. The number of nitrogens with two attached hydrogens (primary N) is 1. The molecule has 2 aromatic heterocycles. The van der Waals surface area contributed by atoms with Crippen molar-refractivity contribution in [2.75, 3.05) is 11.9 Å². The van der Waals surface area contributed by atoms with Gasteiger partial charge in [0.2, 0.25) is 16.0 Å². The van der Waals surface area contributed by atoms with Crippen LogP contribution in [0.5, 0.6) is 5.75 Å². The van der Waals surface area contributed by atoms with Gasteiger partial charge in [-0.15, -0.1) is 0 Å². The van der Waals surface area contributed by atoms with E-state index < -0.39 is 10.0 Å². The second-order valence-electron chi connectivity index (χ2n) is 8.45. The molecule has 0 amide bonds. The Bertz CT molecular complexity index is 1160. The van der Waals surface area contributed by atoms with Crippen LogP contribution in [-0.2, 0) is 10.0 Å². The predicted octanol–water partition coefficient (Wildman–Crippen LogP) is 3.96. The standard InChI is InChI=1S/C23H27N5O3S/c1-15(2)21-7-8-25-13-22(21)31-14-16-9-17(10-16)18-11-26-23(27-12-18)28-19-3-5-20(6-4-19)32(24,29)30/h3-8,11-13,15-17H,9-10,14H2,1-2H3,(H2,24,29,30)(H,26,27,28). The van der Waals surface area contributed by atoms with Crippen molar-refractivity contribution < 1.29 is 13.2 Å². The topological polar surface area (TPSA) is 120 Å². The zero-order valence-electron chi connectivity index (χ0n) is 18.1. The number of sulfonamides is 1. The molecule has 4 rings (SSSR count). The Morgan fingerprint density at radius 1 is 1.09 bits per heavy atom. The van der Waals surface area contributed by atoms with E-state index in [1.807, 2.05) is 18.5 Å². The maximum Gasteiger partial charge on any atom is 0.238 e. The highest BCUT2D eigenvalue weighted by atomic mass is 32.2. The van der Waals surface area contributed by atoms with Crippen molar-refractivity contribution in [2.24, 2.45) is 11.1 Å². The summed E-state index contributed by atoms with van der Waals surface area (Å²) in [6.07, 6.45) is 9.37. The first-order chi connectivity index (χ1) is 15.3. The third-order valence-electron chi connectivity index (χ3n) is 5.73. The minimum Gasteiger partial charge on any atom is -0.491 e. The fraction of sp³-hybridized carbons (Fsp3) is 0.348. The zero-order chi connectivity index (χ0) is 22.7. The average Bonchev–Trinajstić information content (AvgIpc) is 2.73. The monoisotopic (exact) mass is 453 g/mol. The van der Waals surface area contributed by atoms with Gasteiger partial charge in [0.05, 0.1) is 17.7 Å². The second kappa shape index (κ2) is 9.22. The average molecular weight is 454 g/mol. The fourth-order valence-electron chi connectivity index (χ4n) is 3.81. The maximum atomic E-state index is 11.3. The van der Waals surface area contributed by atoms with Crippen LogP contribution in [0.15, 0.2) is 60.0 Å². The molecule has 3 aromatic rings. The van der Waals surface area contributed by atoms with Gasteiger partial charge >= 0.3 is 0 Å². The molecule has 0 aliphatic heterocycles. The molecule has 32 heavy (non-hydrogen) atoms. The molecule has 1 saturated carbocycles. The number of hydrogen-bond donors (Lipinski definition) is 2. The molecule has 0 spiro atoms. The third-order valence-corrected chi connectivity index (χ3v) is 6.66. The van der Waals surface area contributed by atoms with Gasteiger partial charge in [0.15, 0.2) is 0 Å². The highest BCUT2D eigenvalue weighted by Crippen LogP contribution is 2.41. The first-order valence-corrected chi connectivity index (χ1v) is 12.1. The van der Waals surface area contributed by atoms with E-state index in [0.29, 0.717) is 36.0 Å². The summed E-state index contributed by atoms with van der Waals surface area (Å²) in [7, 11) is -3.71. The smallest absolute Gasteiger partial charge is 0.238 e. The van der Waals surface area contributed by atoms with Gasteiger partial charge in [0.1, 0.15) is 5.75 Å². The molecule has 0 atom stereocenters. The first kappa shape index (κ1) is 22.2. The second-order valence-corrected chi connectivity index (χ2v) is 10.0. The van der Waals surface area contributed by atoms with Crippen molar-refractivity contribution in [1.29, 1.82) is 0 Å². The highest BCUT2D eigenvalue weighted by Gasteiger charge is 2.31. The van der Waals surface area contributed by atoms with E-state index >= 15 is 0 Å². The molecule has 2 heterocycles. The summed E-state index contributed by atoms with van der Waals surface area (Å²) in [6, 6.07) is 8.16. The Morgan fingerprint density at radius 3 is 2.41 bits per heavy atom. The molecule has 0 radical (unpaired) electrons. The predicted molar refractivity (Wildman–Crippen MR) is 122 cm³/mol. The van der Waals surface area contributed by atoms with Crippen LogP contribution in [0.4, 0.5) is 11.6 Å². The number of rotatable bonds is 8. The van der Waals surface area contributed by atoms with Gasteiger partial charge in [-0.1, -0.05) is 13.8 Å². The molecular formula is C23H27N5O3S. The summed E-state index contributed by atoms with van der Waals surface area (Å²) in [4.78, 5) is 13.0. The lowest BCUT2D eigenvalue weighted by Crippen LogP contribution is -2.27. The lowest BCUT2D eigenvalue weighted by atomic mass is 9.72. The van der Waals surface area contributed by atoms with Crippen LogP contribution in [0.2, 0.25) is 0 Å². The van der Waals surface area contributed by atoms with Gasteiger partial charge in [-0.2, -0.15) is 0 Å². The summed E-state index contributed by atoms with van der Waals surface area (Å²) in [5.74, 6) is 2.68. The van der Waals surface area contributed by atoms with Crippen LogP contribution in [-0.4, -0.2) is 30.0 Å². The Morgan fingerprint density at radius 2 is 1.78 bits per heavy atom. The molecule has 0 bridgehead atoms. The lowest BCUT2D eigenvalue weighted by molar-refractivity contribution is 0.156. The van der Waals surface area contributed by atoms with Gasteiger partial charge in [0, 0.05) is 24.3 Å². The number of anilines is 2. The summed E-state index contributed by atoms with van der Waals surface area (Å²) < 4.78 is 28.7. The van der Waals surface area contributed by atoms with Crippen molar-refractivity contribution in [3.8, 4) is 5.75 Å². The summed E-state index contributed by atoms with van der Waals surface area (Å²) >= 11 is 0. The number of ether oxygens (including phenoxy) is 1. The van der Waals surface area contributed by atoms with Crippen LogP contribution in [0.25, 0.3) is 0 Å². The maximum absolute atomic E-state index is 11.3. The molecule has 3 N–H and O–H groups in total. The van der Waals surface area contributed by atoms with Crippen molar-refractivity contribution in [3.05, 3.63) is 66.2 Å². The molecule has 1 fully saturated rings. The summed E-state index contributed by atoms with van der Waals surface area (Å²) in [5.41, 5.74) is 2.98. The van der Waals surface area contributed by atoms with Crippen molar-refractivity contribution in [1.82, 2.24) is 15.0 Å². The summed E-state index contributed by atoms with van der Waals surface area (Å²) in [5, 5.41) is 8.18. The number of aromatic nitrogens is 3. The van der Waals surface area contributed by atoms with Crippen molar-refractivity contribution >= 4 is 21.7 Å². The normalized spacial score (nSPS) is 18.2. The molecule has 1 aliphatic rings. The number of benzene rings is 1. The van der Waals surface area contributed by atoms with E-state index in [0.717, 1.165) is 24.2 Å².